The average molecular weight is 710 g/mol. The normalized spacial score (nSPS) is 16.5. The zero-order chi connectivity index (χ0) is 48.1. The maximum atomic E-state index is 9.56. The van der Waals surface area contributed by atoms with Crippen molar-refractivity contribution in [1.82, 2.24) is 0 Å². The molecular weight excluding hydrogens is 663 g/mol. The van der Waals surface area contributed by atoms with Gasteiger partial charge in [0.25, 0.3) is 6.71 Å². The van der Waals surface area contributed by atoms with Gasteiger partial charge >= 0.3 is 0 Å². The Morgan fingerprint density at radius 2 is 1.02 bits per heavy atom. The Bertz CT molecular complexity index is 3650. The van der Waals surface area contributed by atoms with Crippen LogP contribution in [0.5, 0.6) is 23.0 Å². The summed E-state index contributed by atoms with van der Waals surface area (Å²) in [4.78, 5) is 0. The lowest BCUT2D eigenvalue weighted by Crippen LogP contribution is -2.57. The lowest BCUT2D eigenvalue weighted by Gasteiger charge is -2.33. The van der Waals surface area contributed by atoms with E-state index in [4.69, 9.17) is 25.9 Å². The minimum Gasteiger partial charge on any atom is -0.458 e. The highest BCUT2D eigenvalue weighted by molar-refractivity contribution is 7.26. The van der Waals surface area contributed by atoms with Crippen LogP contribution in [-0.2, 0) is 0 Å². The van der Waals surface area contributed by atoms with E-state index in [0.29, 0.717) is 31.7 Å². The molecule has 2 nitrogen and oxygen atoms in total. The lowest BCUT2D eigenvalue weighted by molar-refractivity contribution is 0.464. The van der Waals surface area contributed by atoms with Crippen LogP contribution in [-0.4, -0.2) is 6.71 Å². The number of fused-ring (bicyclic) bond motifs is 7. The molecule has 0 unspecified atom stereocenters. The fourth-order valence-corrected chi connectivity index (χ4v) is 8.44. The molecule has 0 saturated carbocycles. The molecule has 0 amide bonds. The first-order valence-electron chi connectivity index (χ1n) is 24.4. The summed E-state index contributed by atoms with van der Waals surface area (Å²) in [6, 6.07) is 18.4. The van der Waals surface area contributed by atoms with Gasteiger partial charge in [0.15, 0.2) is 0 Å². The summed E-state index contributed by atoms with van der Waals surface area (Å²) >= 11 is 1.17. The van der Waals surface area contributed by atoms with Crippen LogP contribution in [0.4, 0.5) is 0 Å². The molecular formula is C49H31BO2S. The zero-order valence-electron chi connectivity index (χ0n) is 42.8. The lowest BCUT2D eigenvalue weighted by atomic mass is 9.35. The molecule has 2 aliphatic heterocycles. The van der Waals surface area contributed by atoms with E-state index < -0.39 is 36.9 Å². The highest BCUT2D eigenvalue weighted by Gasteiger charge is 2.40. The van der Waals surface area contributed by atoms with Crippen LogP contribution in [0.3, 0.4) is 0 Å². The van der Waals surface area contributed by atoms with Gasteiger partial charge in [-0.1, -0.05) is 145 Å². The van der Waals surface area contributed by atoms with Gasteiger partial charge in [-0.15, -0.1) is 11.3 Å². The molecule has 9 aromatic rings. The Kier molecular flexibility index (Phi) is 4.23. The number of rotatable bonds is 4. The van der Waals surface area contributed by atoms with Crippen molar-refractivity contribution in [3.05, 3.63) is 175 Å². The van der Waals surface area contributed by atoms with Crippen LogP contribution in [0, 0.1) is 6.92 Å². The van der Waals surface area contributed by atoms with Crippen molar-refractivity contribution >= 4 is 54.6 Å². The van der Waals surface area contributed by atoms with Crippen molar-refractivity contribution in [2.24, 2.45) is 0 Å². The van der Waals surface area contributed by atoms with Crippen molar-refractivity contribution in [3.63, 3.8) is 0 Å². The molecule has 0 radical (unpaired) electrons. The molecule has 0 fully saturated rings. The van der Waals surface area contributed by atoms with Crippen LogP contribution in [0.15, 0.2) is 169 Å². The van der Waals surface area contributed by atoms with Gasteiger partial charge in [0, 0.05) is 25.6 Å². The monoisotopic (exact) mass is 709 g/mol. The quantitative estimate of drug-likeness (QED) is 0.169. The molecule has 2 aliphatic rings. The fourth-order valence-electron chi connectivity index (χ4n) is 7.18. The Morgan fingerprint density at radius 3 is 1.68 bits per heavy atom. The number of ether oxygens (including phenoxy) is 2. The summed E-state index contributed by atoms with van der Waals surface area (Å²) < 4.78 is 148. The van der Waals surface area contributed by atoms with Gasteiger partial charge in [-0.2, -0.15) is 0 Å². The minimum absolute atomic E-state index is 0.00300. The third kappa shape index (κ3) is 4.87. The third-order valence-corrected chi connectivity index (χ3v) is 10.9. The average Bonchev–Trinajstić information content (AvgIpc) is 3.74. The first-order valence-corrected chi connectivity index (χ1v) is 17.7. The topological polar surface area (TPSA) is 18.5 Å². The largest absolute Gasteiger partial charge is 0.458 e. The first kappa shape index (κ1) is 18.9. The first-order chi connectivity index (χ1) is 32.4. The molecule has 3 heterocycles. The number of thiophene rings is 1. The fraction of sp³-hybridized carbons (Fsp3) is 0.0204. The summed E-state index contributed by atoms with van der Waals surface area (Å²) in [5, 5.41) is 0.445. The predicted molar refractivity (Wildman–Crippen MR) is 223 cm³/mol. The molecule has 0 atom stereocenters. The van der Waals surface area contributed by atoms with E-state index in [2.05, 4.69) is 0 Å². The van der Waals surface area contributed by atoms with Gasteiger partial charge in [-0.3, -0.25) is 0 Å². The summed E-state index contributed by atoms with van der Waals surface area (Å²) in [6.07, 6.45) is 0. The minimum atomic E-state index is -1.26. The summed E-state index contributed by atoms with van der Waals surface area (Å²) in [5.74, 6) is -0.793. The second-order valence-electron chi connectivity index (χ2n) is 12.9. The number of para-hydroxylation sites is 1. The van der Waals surface area contributed by atoms with Gasteiger partial charge < -0.3 is 9.47 Å². The zero-order valence-corrected chi connectivity index (χ0v) is 28.6. The molecule has 53 heavy (non-hydrogen) atoms. The Balaban J connectivity index is 1.10. The third-order valence-electron chi connectivity index (χ3n) is 9.71. The predicted octanol–water partition coefficient (Wildman–Crippen LogP) is 11.8. The Hall–Kier alpha value is -6.36. The van der Waals surface area contributed by atoms with E-state index in [9.17, 15) is 4.11 Å². The molecule has 0 aliphatic carbocycles. The smallest absolute Gasteiger partial charge is 0.260 e. The molecule has 0 N–H and O–H groups in total. The summed E-state index contributed by atoms with van der Waals surface area (Å²) in [5.41, 5.74) is 4.04. The van der Waals surface area contributed by atoms with Crippen LogP contribution >= 0.6 is 11.3 Å². The van der Waals surface area contributed by atoms with Crippen molar-refractivity contribution < 1.29 is 30.0 Å². The molecule has 0 bridgehead atoms. The van der Waals surface area contributed by atoms with Gasteiger partial charge in [0.2, 0.25) is 0 Å². The van der Waals surface area contributed by atoms with E-state index in [1.54, 1.807) is 24.3 Å². The Morgan fingerprint density at radius 1 is 0.472 bits per heavy atom. The van der Waals surface area contributed by atoms with Gasteiger partial charge in [-0.25, -0.2) is 0 Å². The SMILES string of the molecule is [2H]c1c([2H])c([2H])c2c(c1[2H])Oc1c([2H])c(-c3ccc(-c4c([2H])c([2H])c([2H])c5c4sc4c(-c6ccc(-c7ccccc7)cc6)c([2H])c([2H])c([2H])c45)cc3)c([2H])c3c1B2c1c([2H])c([2H])c(C)c([2H])c1O3. The van der Waals surface area contributed by atoms with Crippen LogP contribution in [0.2, 0.25) is 0 Å². The maximum Gasteiger partial charge on any atom is 0.260 e. The van der Waals surface area contributed by atoms with Crippen LogP contribution < -0.4 is 25.9 Å². The molecule has 11 rings (SSSR count). The molecule has 0 saturated heterocycles. The van der Waals surface area contributed by atoms with Gasteiger partial charge in [-0.05, 0) is 92.1 Å². The van der Waals surface area contributed by atoms with E-state index in [1.165, 1.54) is 18.3 Å². The van der Waals surface area contributed by atoms with E-state index in [-0.39, 0.29) is 127 Å². The summed E-state index contributed by atoms with van der Waals surface area (Å²) in [7, 11) is 0. The van der Waals surface area contributed by atoms with Crippen molar-refractivity contribution in [2.45, 2.75) is 6.92 Å². The van der Waals surface area contributed by atoms with Crippen molar-refractivity contribution in [3.8, 4) is 67.5 Å². The molecule has 1 aromatic heterocycles. The van der Waals surface area contributed by atoms with Crippen LogP contribution in [0.25, 0.3) is 64.7 Å². The van der Waals surface area contributed by atoms with E-state index in [0.717, 1.165) is 11.1 Å². The molecule has 0 spiro atoms. The highest BCUT2D eigenvalue weighted by Crippen LogP contribution is 2.45. The second kappa shape index (κ2) is 11.8. The van der Waals surface area contributed by atoms with E-state index in [1.807, 2.05) is 54.6 Å². The number of hydrogen-bond donors (Lipinski definition) is 0. The van der Waals surface area contributed by atoms with Gasteiger partial charge in [0.1, 0.15) is 23.0 Å². The highest BCUT2D eigenvalue weighted by atomic mass is 32.1. The molecule has 4 heteroatoms. The standard InChI is InChI=1S/C49H31BO2S/c1-30-17-26-42-44(27-30)52-46-29-36(28-45-47(46)50(42)41-15-5-6-16-43(41)51-45)33-20-24-35(25-21-33)38-12-8-14-40-39-13-7-11-37(48(39)53-49(38)40)34-22-18-32(19-23-34)31-9-3-2-4-10-31/h2-29H,1H3/i5D,6D,7D,8D,11D,12D,13D,14D,15D,16D,17D,26D,27D,28D,29D. The maximum absolute atomic E-state index is 9.56. The number of hydrogen-bond acceptors (Lipinski definition) is 3. The Labute approximate surface area is 333 Å². The number of benzene rings is 8. The molecule has 248 valence electrons. The van der Waals surface area contributed by atoms with Gasteiger partial charge in [0.05, 0.1) is 20.6 Å². The second-order valence-corrected chi connectivity index (χ2v) is 13.9. The van der Waals surface area contributed by atoms with Crippen LogP contribution in [0.1, 0.15) is 26.1 Å². The van der Waals surface area contributed by atoms with E-state index >= 15 is 0 Å². The summed E-state index contributed by atoms with van der Waals surface area (Å²) in [6.45, 7) is 0.234. The molecule has 8 aromatic carbocycles. The van der Waals surface area contributed by atoms with Crippen molar-refractivity contribution in [2.75, 3.05) is 0 Å². The van der Waals surface area contributed by atoms with Crippen molar-refractivity contribution in [1.29, 1.82) is 0 Å².